The second kappa shape index (κ2) is 4.31. The molecule has 0 amide bonds. The summed E-state index contributed by atoms with van der Waals surface area (Å²) in [6, 6.07) is 10.6. The van der Waals surface area contributed by atoms with E-state index >= 15 is 0 Å². The van der Waals surface area contributed by atoms with Crippen molar-refractivity contribution in [3.8, 4) is 5.75 Å². The summed E-state index contributed by atoms with van der Waals surface area (Å²) in [4.78, 5) is 12.3. The second-order valence-corrected chi connectivity index (χ2v) is 6.45. The number of hydrogen-bond donors (Lipinski definition) is 0. The number of fused-ring (bicyclic) bond motifs is 3. The van der Waals surface area contributed by atoms with E-state index in [-0.39, 0.29) is 16.7 Å². The van der Waals surface area contributed by atoms with Gasteiger partial charge in [0, 0.05) is 34.0 Å². The van der Waals surface area contributed by atoms with Crippen molar-refractivity contribution in [3.63, 3.8) is 0 Å². The van der Waals surface area contributed by atoms with Gasteiger partial charge in [0.1, 0.15) is 11.6 Å². The van der Waals surface area contributed by atoms with Crippen molar-refractivity contribution in [2.24, 2.45) is 0 Å². The lowest BCUT2D eigenvalue weighted by Gasteiger charge is -2.41. The predicted molar refractivity (Wildman–Crippen MR) is 80.2 cm³/mol. The van der Waals surface area contributed by atoms with Crippen molar-refractivity contribution in [3.05, 3.63) is 62.8 Å². The maximum absolute atomic E-state index is 13.8. The molecule has 21 heavy (non-hydrogen) atoms. The molecule has 2 aliphatic rings. The maximum atomic E-state index is 13.8. The third-order valence-electron chi connectivity index (χ3n) is 4.28. The molecule has 2 unspecified atom stereocenters. The minimum absolute atomic E-state index is 0.0123. The van der Waals surface area contributed by atoms with E-state index in [2.05, 4.69) is 15.9 Å². The minimum Gasteiger partial charge on any atom is -0.474 e. The molecule has 0 aromatic heterocycles. The summed E-state index contributed by atoms with van der Waals surface area (Å²) in [7, 11) is 0. The van der Waals surface area contributed by atoms with Gasteiger partial charge in [-0.15, -0.1) is 0 Å². The number of Topliss-reactive ketones (excluding diaryl/α,β-unsaturated/α-hetero) is 1. The number of halogens is 3. The SMILES string of the molecule is O=C1CC2c3c(cc(F)c(Cl)c3Br)OC12c1ccccc1. The number of rotatable bonds is 1. The summed E-state index contributed by atoms with van der Waals surface area (Å²) in [5.74, 6) is -0.282. The van der Waals surface area contributed by atoms with Crippen molar-refractivity contribution in [2.75, 3.05) is 0 Å². The fourth-order valence-corrected chi connectivity index (χ4v) is 4.07. The monoisotopic (exact) mass is 366 g/mol. The summed E-state index contributed by atoms with van der Waals surface area (Å²) < 4.78 is 20.2. The molecule has 0 radical (unpaired) electrons. The largest absolute Gasteiger partial charge is 0.474 e. The Morgan fingerprint density at radius 3 is 2.71 bits per heavy atom. The fourth-order valence-electron chi connectivity index (χ4n) is 3.25. The number of ketones is 1. The molecule has 1 fully saturated rings. The van der Waals surface area contributed by atoms with Crippen LogP contribution in [0, 0.1) is 5.82 Å². The molecule has 2 atom stereocenters. The highest BCUT2D eigenvalue weighted by molar-refractivity contribution is 9.10. The first-order valence-corrected chi connectivity index (χ1v) is 7.68. The van der Waals surface area contributed by atoms with Gasteiger partial charge in [0.15, 0.2) is 11.4 Å². The van der Waals surface area contributed by atoms with Crippen LogP contribution in [0.15, 0.2) is 40.9 Å². The molecule has 1 heterocycles. The molecule has 2 nitrogen and oxygen atoms in total. The molecule has 2 aromatic rings. The average molecular weight is 368 g/mol. The number of carbonyl (C=O) groups excluding carboxylic acids is 1. The highest BCUT2D eigenvalue weighted by Crippen LogP contribution is 2.62. The van der Waals surface area contributed by atoms with Crippen LogP contribution in [0.1, 0.15) is 23.5 Å². The molecular formula is C16H9BrClFO2. The van der Waals surface area contributed by atoms with E-state index in [0.717, 1.165) is 11.1 Å². The third kappa shape index (κ3) is 1.55. The summed E-state index contributed by atoms with van der Waals surface area (Å²) in [6.07, 6.45) is 0.377. The Balaban J connectivity index is 1.93. The number of hydrogen-bond acceptors (Lipinski definition) is 2. The number of ether oxygens (including phenoxy) is 1. The van der Waals surface area contributed by atoms with Gasteiger partial charge in [-0.2, -0.15) is 0 Å². The number of carbonyl (C=O) groups is 1. The van der Waals surface area contributed by atoms with Crippen LogP contribution < -0.4 is 4.74 Å². The Morgan fingerprint density at radius 2 is 2.05 bits per heavy atom. The Morgan fingerprint density at radius 1 is 1.33 bits per heavy atom. The van der Waals surface area contributed by atoms with Gasteiger partial charge in [-0.25, -0.2) is 4.39 Å². The van der Waals surface area contributed by atoms with E-state index in [1.54, 1.807) is 0 Å². The van der Waals surface area contributed by atoms with Crippen molar-refractivity contribution in [1.29, 1.82) is 0 Å². The standard InChI is InChI=1S/C16H9BrClFO2/c17-14-13-9-6-12(20)16(9,8-4-2-1-3-5-8)21-11(13)7-10(19)15(14)18/h1-5,7,9H,6H2. The van der Waals surface area contributed by atoms with Gasteiger partial charge < -0.3 is 4.74 Å². The second-order valence-electron chi connectivity index (χ2n) is 5.28. The lowest BCUT2D eigenvalue weighted by Crippen LogP contribution is -2.53. The Kier molecular flexibility index (Phi) is 2.72. The molecule has 4 rings (SSSR count). The lowest BCUT2D eigenvalue weighted by atomic mass is 9.63. The van der Waals surface area contributed by atoms with Crippen LogP contribution >= 0.6 is 27.5 Å². The fraction of sp³-hybridized carbons (Fsp3) is 0.188. The van der Waals surface area contributed by atoms with Gasteiger partial charge in [-0.3, -0.25) is 4.79 Å². The van der Waals surface area contributed by atoms with Crippen LogP contribution in [0.5, 0.6) is 5.75 Å². The zero-order chi connectivity index (χ0) is 14.8. The van der Waals surface area contributed by atoms with E-state index in [0.29, 0.717) is 16.6 Å². The summed E-state index contributed by atoms with van der Waals surface area (Å²) >= 11 is 9.30. The topological polar surface area (TPSA) is 26.3 Å². The summed E-state index contributed by atoms with van der Waals surface area (Å²) in [5.41, 5.74) is 0.555. The third-order valence-corrected chi connectivity index (χ3v) is 5.70. The average Bonchev–Trinajstić information content (AvgIpc) is 2.75. The molecule has 0 bridgehead atoms. The molecule has 106 valence electrons. The lowest BCUT2D eigenvalue weighted by molar-refractivity contribution is -0.148. The molecule has 1 aliphatic carbocycles. The van der Waals surface area contributed by atoms with Crippen molar-refractivity contribution in [1.82, 2.24) is 0 Å². The Bertz CT molecular complexity index is 778. The van der Waals surface area contributed by atoms with Crippen LogP contribution in [0.4, 0.5) is 4.39 Å². The number of benzene rings is 2. The molecule has 1 saturated carbocycles. The molecule has 5 heteroatoms. The van der Waals surface area contributed by atoms with E-state index in [4.69, 9.17) is 16.3 Å². The van der Waals surface area contributed by atoms with E-state index in [1.807, 2.05) is 30.3 Å². The van der Waals surface area contributed by atoms with E-state index in [9.17, 15) is 9.18 Å². The summed E-state index contributed by atoms with van der Waals surface area (Å²) in [6.45, 7) is 0. The molecule has 0 N–H and O–H groups in total. The van der Waals surface area contributed by atoms with Crippen LogP contribution in [-0.4, -0.2) is 5.78 Å². The maximum Gasteiger partial charge on any atom is 0.199 e. The van der Waals surface area contributed by atoms with E-state index < -0.39 is 11.4 Å². The Labute approximate surface area is 134 Å². The highest BCUT2D eigenvalue weighted by Gasteiger charge is 2.64. The first kappa shape index (κ1) is 13.3. The molecule has 2 aromatic carbocycles. The molecule has 0 spiro atoms. The van der Waals surface area contributed by atoms with Gasteiger partial charge in [-0.05, 0) is 15.9 Å². The normalized spacial score (nSPS) is 25.9. The molecular weight excluding hydrogens is 359 g/mol. The first-order chi connectivity index (χ1) is 10.1. The quantitative estimate of drug-likeness (QED) is 0.689. The van der Waals surface area contributed by atoms with Crippen molar-refractivity contribution >= 4 is 33.3 Å². The van der Waals surface area contributed by atoms with Crippen molar-refractivity contribution < 1.29 is 13.9 Å². The highest BCUT2D eigenvalue weighted by atomic mass is 79.9. The van der Waals surface area contributed by atoms with Crippen LogP contribution in [-0.2, 0) is 10.4 Å². The minimum atomic E-state index is -1.02. The van der Waals surface area contributed by atoms with Crippen molar-refractivity contribution in [2.45, 2.75) is 17.9 Å². The van der Waals surface area contributed by atoms with Gasteiger partial charge in [0.25, 0.3) is 0 Å². The van der Waals surface area contributed by atoms with Crippen LogP contribution in [0.25, 0.3) is 0 Å². The first-order valence-electron chi connectivity index (χ1n) is 6.51. The van der Waals surface area contributed by atoms with Gasteiger partial charge in [0.05, 0.1) is 5.02 Å². The van der Waals surface area contributed by atoms with E-state index in [1.165, 1.54) is 6.07 Å². The van der Waals surface area contributed by atoms with Gasteiger partial charge >= 0.3 is 0 Å². The summed E-state index contributed by atoms with van der Waals surface area (Å²) in [5, 5.41) is 0.0283. The van der Waals surface area contributed by atoms with Gasteiger partial charge in [-0.1, -0.05) is 41.9 Å². The zero-order valence-electron chi connectivity index (χ0n) is 10.7. The smallest absolute Gasteiger partial charge is 0.199 e. The van der Waals surface area contributed by atoms with Crippen LogP contribution in [0.3, 0.4) is 0 Å². The molecule has 1 aliphatic heterocycles. The predicted octanol–water partition coefficient (Wildman–Crippen LogP) is 4.59. The Hall–Kier alpha value is -1.39. The molecule has 0 saturated heterocycles. The van der Waals surface area contributed by atoms with Crippen LogP contribution in [0.2, 0.25) is 5.02 Å². The van der Waals surface area contributed by atoms with Gasteiger partial charge in [0.2, 0.25) is 0 Å². The zero-order valence-corrected chi connectivity index (χ0v) is 13.0.